The maximum Gasteiger partial charge on any atom is 1.00 e. The molecule has 27 heavy (non-hydrogen) atoms. The Balaban J connectivity index is 0. The largest absolute Gasteiger partial charge is 1.00 e. The van der Waals surface area contributed by atoms with Crippen molar-refractivity contribution < 1.29 is 69.5 Å². The molecule has 0 aliphatic heterocycles. The van der Waals surface area contributed by atoms with Crippen LogP contribution < -0.4 is 51.4 Å². The van der Waals surface area contributed by atoms with Gasteiger partial charge in [-0.2, -0.15) is 0 Å². The second kappa shape index (κ2) is 20.8. The minimum atomic E-state index is -4.24. The summed E-state index contributed by atoms with van der Waals surface area (Å²) < 4.78 is 33.8. The van der Waals surface area contributed by atoms with Crippen LogP contribution in [0.4, 0.5) is 0 Å². The van der Waals surface area contributed by atoms with Gasteiger partial charge in [0, 0.05) is 5.25 Å². The van der Waals surface area contributed by atoms with E-state index in [1.54, 1.807) is 6.92 Å². The number of aliphatic hydroxyl groups excluding tert-OH is 1. The van der Waals surface area contributed by atoms with E-state index >= 15 is 0 Å². The molecule has 4 nitrogen and oxygen atoms in total. The van der Waals surface area contributed by atoms with Crippen molar-refractivity contribution in [3.05, 3.63) is 0 Å². The standard InChI is InChI=1S/C21H44O4S.K/c1-3-4-5-6-7-8-9-10-11-12-13-14-15-16-17-21(26(23,24)25)19-18-20(2)22;/h20-22H,3-19H2,1-2H3,(H,23,24,25);/q;+1/p-1. The van der Waals surface area contributed by atoms with E-state index in [1.807, 2.05) is 0 Å². The van der Waals surface area contributed by atoms with E-state index in [1.165, 1.54) is 70.6 Å². The molecule has 0 aromatic heterocycles. The Kier molecular flexibility index (Phi) is 23.6. The van der Waals surface area contributed by atoms with Crippen LogP contribution in [0.25, 0.3) is 0 Å². The third-order valence-corrected chi connectivity index (χ3v) is 6.48. The van der Waals surface area contributed by atoms with Crippen molar-refractivity contribution in [1.82, 2.24) is 0 Å². The maximum atomic E-state index is 11.3. The van der Waals surface area contributed by atoms with Gasteiger partial charge in [0.05, 0.1) is 16.2 Å². The minimum Gasteiger partial charge on any atom is -0.748 e. The Morgan fingerprint density at radius 1 is 0.704 bits per heavy atom. The van der Waals surface area contributed by atoms with Crippen LogP contribution >= 0.6 is 0 Å². The molecular formula is C21H43KO4S. The molecule has 0 aromatic carbocycles. The number of hydrogen-bond acceptors (Lipinski definition) is 4. The molecule has 0 amide bonds. The third-order valence-electron chi connectivity index (χ3n) is 5.19. The summed E-state index contributed by atoms with van der Waals surface area (Å²) in [4.78, 5) is 0. The maximum absolute atomic E-state index is 11.3. The summed E-state index contributed by atoms with van der Waals surface area (Å²) in [5.74, 6) is 0. The van der Waals surface area contributed by atoms with Crippen molar-refractivity contribution in [3.8, 4) is 0 Å². The molecule has 6 heteroatoms. The zero-order valence-electron chi connectivity index (χ0n) is 18.3. The van der Waals surface area contributed by atoms with Crippen molar-refractivity contribution in [2.75, 3.05) is 0 Å². The molecule has 1 N–H and O–H groups in total. The van der Waals surface area contributed by atoms with Gasteiger partial charge in [-0.3, -0.25) is 0 Å². The van der Waals surface area contributed by atoms with Gasteiger partial charge in [-0.05, 0) is 26.2 Å². The van der Waals surface area contributed by atoms with Crippen molar-refractivity contribution in [2.24, 2.45) is 0 Å². The zero-order chi connectivity index (χ0) is 19.7. The van der Waals surface area contributed by atoms with Crippen LogP contribution in [0.5, 0.6) is 0 Å². The fraction of sp³-hybridized carbons (Fsp3) is 1.00. The molecule has 0 aliphatic carbocycles. The van der Waals surface area contributed by atoms with Crippen LogP contribution in [0.1, 0.15) is 123 Å². The molecule has 2 atom stereocenters. The SMILES string of the molecule is CCCCCCCCCCCCCCCCC(CCC(C)O)S(=O)(=O)[O-].[K+]. The summed E-state index contributed by atoms with van der Waals surface area (Å²) in [6.07, 6.45) is 18.2. The van der Waals surface area contributed by atoms with Gasteiger partial charge in [-0.15, -0.1) is 0 Å². The first-order valence-corrected chi connectivity index (χ1v) is 12.5. The Morgan fingerprint density at radius 3 is 1.41 bits per heavy atom. The van der Waals surface area contributed by atoms with Gasteiger partial charge in [0.1, 0.15) is 0 Å². The first-order valence-electron chi connectivity index (χ1n) is 11.0. The van der Waals surface area contributed by atoms with E-state index in [0.29, 0.717) is 12.8 Å². The summed E-state index contributed by atoms with van der Waals surface area (Å²) in [6.45, 7) is 3.88. The van der Waals surface area contributed by atoms with Crippen molar-refractivity contribution in [1.29, 1.82) is 0 Å². The molecule has 0 spiro atoms. The molecule has 0 saturated heterocycles. The Bertz CT molecular complexity index is 399. The molecule has 0 heterocycles. The second-order valence-electron chi connectivity index (χ2n) is 7.93. The Morgan fingerprint density at radius 2 is 1.07 bits per heavy atom. The van der Waals surface area contributed by atoms with E-state index in [4.69, 9.17) is 0 Å². The smallest absolute Gasteiger partial charge is 0.748 e. The van der Waals surface area contributed by atoms with Gasteiger partial charge >= 0.3 is 51.4 Å². The third kappa shape index (κ3) is 22.0. The Labute approximate surface area is 211 Å². The average Bonchev–Trinajstić information content (AvgIpc) is 2.56. The number of unbranched alkanes of at least 4 members (excludes halogenated alkanes) is 13. The predicted molar refractivity (Wildman–Crippen MR) is 109 cm³/mol. The predicted octanol–water partition coefficient (Wildman–Crippen LogP) is 2.94. The Hall–Kier alpha value is 1.51. The monoisotopic (exact) mass is 430 g/mol. The number of hydrogen-bond donors (Lipinski definition) is 1. The molecule has 0 radical (unpaired) electrons. The van der Waals surface area contributed by atoms with Crippen LogP contribution in [0.2, 0.25) is 0 Å². The molecule has 0 fully saturated rings. The zero-order valence-corrected chi connectivity index (χ0v) is 22.2. The van der Waals surface area contributed by atoms with Crippen LogP contribution in [0, 0.1) is 0 Å². The molecule has 0 aliphatic rings. The van der Waals surface area contributed by atoms with Crippen LogP contribution in [0.15, 0.2) is 0 Å². The summed E-state index contributed by atoms with van der Waals surface area (Å²) >= 11 is 0. The van der Waals surface area contributed by atoms with E-state index in [9.17, 15) is 18.1 Å². The normalized spacial score (nSPS) is 13.9. The van der Waals surface area contributed by atoms with Crippen LogP contribution in [0.3, 0.4) is 0 Å². The fourth-order valence-corrected chi connectivity index (χ4v) is 4.31. The minimum absolute atomic E-state index is 0. The van der Waals surface area contributed by atoms with E-state index < -0.39 is 21.5 Å². The summed E-state index contributed by atoms with van der Waals surface area (Å²) in [6, 6.07) is 0. The molecule has 0 aromatic rings. The number of aliphatic hydroxyl groups is 1. The van der Waals surface area contributed by atoms with Crippen LogP contribution in [-0.4, -0.2) is 29.4 Å². The van der Waals surface area contributed by atoms with Crippen molar-refractivity contribution in [2.45, 2.75) is 134 Å². The first kappa shape index (κ1) is 30.7. The molecule has 0 saturated carbocycles. The molecule has 2 unspecified atom stereocenters. The summed E-state index contributed by atoms with van der Waals surface area (Å²) in [7, 11) is -4.24. The summed E-state index contributed by atoms with van der Waals surface area (Å²) in [5.41, 5.74) is 0. The second-order valence-corrected chi connectivity index (χ2v) is 9.58. The van der Waals surface area contributed by atoms with E-state index in [-0.39, 0.29) is 57.8 Å². The van der Waals surface area contributed by atoms with Crippen molar-refractivity contribution in [3.63, 3.8) is 0 Å². The van der Waals surface area contributed by atoms with E-state index in [2.05, 4.69) is 6.92 Å². The average molecular weight is 431 g/mol. The van der Waals surface area contributed by atoms with Gasteiger partial charge < -0.3 is 9.66 Å². The quantitative estimate of drug-likeness (QED) is 0.194. The fourth-order valence-electron chi connectivity index (χ4n) is 3.43. The molecule has 158 valence electrons. The van der Waals surface area contributed by atoms with Crippen molar-refractivity contribution >= 4 is 10.1 Å². The van der Waals surface area contributed by atoms with Gasteiger partial charge in [-0.1, -0.05) is 96.8 Å². The topological polar surface area (TPSA) is 77.4 Å². The molecular weight excluding hydrogens is 387 g/mol. The van der Waals surface area contributed by atoms with Crippen LogP contribution in [-0.2, 0) is 10.1 Å². The number of rotatable bonds is 19. The first-order chi connectivity index (χ1) is 12.4. The van der Waals surface area contributed by atoms with Gasteiger partial charge in [0.15, 0.2) is 0 Å². The van der Waals surface area contributed by atoms with Gasteiger partial charge in [-0.25, -0.2) is 8.42 Å². The van der Waals surface area contributed by atoms with Gasteiger partial charge in [0.25, 0.3) is 0 Å². The van der Waals surface area contributed by atoms with E-state index in [0.717, 1.165) is 19.3 Å². The van der Waals surface area contributed by atoms with Gasteiger partial charge in [0.2, 0.25) is 0 Å². The molecule has 0 rings (SSSR count). The molecule has 0 bridgehead atoms. The summed E-state index contributed by atoms with van der Waals surface area (Å²) in [5, 5.41) is 8.44.